The summed E-state index contributed by atoms with van der Waals surface area (Å²) in [4.78, 5) is 27.7. The highest BCUT2D eigenvalue weighted by Crippen LogP contribution is 2.38. The normalized spacial score (nSPS) is 15.7. The molecule has 1 aliphatic rings. The lowest BCUT2D eigenvalue weighted by molar-refractivity contribution is -0.127. The van der Waals surface area contributed by atoms with E-state index in [2.05, 4.69) is 19.2 Å². The molecule has 1 aromatic heterocycles. The van der Waals surface area contributed by atoms with Crippen molar-refractivity contribution in [2.45, 2.75) is 48.0 Å². The van der Waals surface area contributed by atoms with E-state index < -0.39 is 5.41 Å². The number of carbonyl (C=O) groups excluding carboxylic acids is 2. The molecule has 1 aliphatic heterocycles. The van der Waals surface area contributed by atoms with Crippen molar-refractivity contribution in [2.24, 2.45) is 11.3 Å². The van der Waals surface area contributed by atoms with Crippen molar-refractivity contribution in [1.82, 2.24) is 0 Å². The van der Waals surface area contributed by atoms with Gasteiger partial charge in [0.1, 0.15) is 23.9 Å². The van der Waals surface area contributed by atoms with Crippen molar-refractivity contribution in [3.63, 3.8) is 0 Å². The number of benzene rings is 1. The van der Waals surface area contributed by atoms with Gasteiger partial charge in [-0.05, 0) is 64.3 Å². The van der Waals surface area contributed by atoms with Gasteiger partial charge in [-0.2, -0.15) is 0 Å². The van der Waals surface area contributed by atoms with Crippen molar-refractivity contribution in [3.8, 4) is 5.75 Å². The van der Waals surface area contributed by atoms with Crippen molar-refractivity contribution in [1.29, 1.82) is 0 Å². The summed E-state index contributed by atoms with van der Waals surface area (Å²) in [6.45, 7) is 12.6. The molecule has 2 heterocycles. The molecule has 3 rings (SSSR count). The van der Waals surface area contributed by atoms with Crippen LogP contribution in [0.15, 0.2) is 28.7 Å². The van der Waals surface area contributed by atoms with Gasteiger partial charge in [0.2, 0.25) is 5.91 Å². The average Bonchev–Trinajstić information content (AvgIpc) is 2.94. The number of nitrogens with zero attached hydrogens (tertiary/aromatic N) is 1. The molecule has 0 saturated carbocycles. The Morgan fingerprint density at radius 1 is 1.24 bits per heavy atom. The van der Waals surface area contributed by atoms with Gasteiger partial charge in [-0.3, -0.25) is 9.59 Å². The highest BCUT2D eigenvalue weighted by Gasteiger charge is 2.37. The van der Waals surface area contributed by atoms with E-state index in [1.165, 1.54) is 0 Å². The highest BCUT2D eigenvalue weighted by atomic mass is 16.5. The van der Waals surface area contributed by atoms with E-state index in [0.29, 0.717) is 53.3 Å². The topological polar surface area (TPSA) is 71.8 Å². The monoisotopic (exact) mass is 398 g/mol. The van der Waals surface area contributed by atoms with Crippen molar-refractivity contribution >= 4 is 23.2 Å². The zero-order valence-corrected chi connectivity index (χ0v) is 18.1. The highest BCUT2D eigenvalue weighted by molar-refractivity contribution is 6.06. The third-order valence-corrected chi connectivity index (χ3v) is 5.14. The second kappa shape index (κ2) is 7.93. The smallest absolute Gasteiger partial charge is 0.259 e. The largest absolute Gasteiger partial charge is 0.490 e. The van der Waals surface area contributed by atoms with E-state index in [0.717, 1.165) is 6.42 Å². The van der Waals surface area contributed by atoms with Gasteiger partial charge in [0.15, 0.2) is 0 Å². The molecular weight excluding hydrogens is 368 g/mol. The second-order valence-corrected chi connectivity index (χ2v) is 8.78. The van der Waals surface area contributed by atoms with Crippen LogP contribution in [0.25, 0.3) is 0 Å². The molecule has 2 amide bonds. The van der Waals surface area contributed by atoms with Crippen molar-refractivity contribution in [2.75, 3.05) is 23.4 Å². The summed E-state index contributed by atoms with van der Waals surface area (Å²) in [7, 11) is 0. The zero-order chi connectivity index (χ0) is 21.3. The minimum Gasteiger partial charge on any atom is -0.490 e. The molecule has 0 unspecified atom stereocenters. The number of furan rings is 1. The molecule has 6 heteroatoms. The Kier molecular flexibility index (Phi) is 5.73. The molecule has 0 saturated heterocycles. The summed E-state index contributed by atoms with van der Waals surface area (Å²) in [5, 5.41) is 2.91. The molecule has 0 aliphatic carbocycles. The first-order chi connectivity index (χ1) is 13.6. The summed E-state index contributed by atoms with van der Waals surface area (Å²) in [5.41, 5.74) is 1.18. The summed E-state index contributed by atoms with van der Waals surface area (Å²) in [5.74, 6) is 2.18. The Labute approximate surface area is 172 Å². The Hall–Kier alpha value is -2.76. The number of nitrogens with one attached hydrogen (secondary N) is 1. The third kappa shape index (κ3) is 4.47. The average molecular weight is 399 g/mol. The van der Waals surface area contributed by atoms with Crippen molar-refractivity contribution in [3.05, 3.63) is 41.3 Å². The fraction of sp³-hybridized carbons (Fsp3) is 0.478. The van der Waals surface area contributed by atoms with Gasteiger partial charge in [-0.15, -0.1) is 0 Å². The minimum atomic E-state index is -0.620. The van der Waals surface area contributed by atoms with Gasteiger partial charge in [0, 0.05) is 12.2 Å². The fourth-order valence-electron chi connectivity index (χ4n) is 3.39. The van der Waals surface area contributed by atoms with Crippen LogP contribution in [-0.2, 0) is 4.79 Å². The summed E-state index contributed by atoms with van der Waals surface area (Å²) < 4.78 is 11.4. The van der Waals surface area contributed by atoms with Crippen LogP contribution in [0, 0.1) is 25.2 Å². The minimum absolute atomic E-state index is 0.0293. The number of fused-ring (bicyclic) bond motifs is 1. The molecule has 29 heavy (non-hydrogen) atoms. The van der Waals surface area contributed by atoms with Crippen LogP contribution in [-0.4, -0.2) is 25.0 Å². The fourth-order valence-corrected chi connectivity index (χ4v) is 3.39. The number of aryl methyl sites for hydroxylation is 2. The van der Waals surface area contributed by atoms with Crippen LogP contribution in [0.5, 0.6) is 5.75 Å². The molecule has 0 fully saturated rings. The Bertz CT molecular complexity index is 927. The van der Waals surface area contributed by atoms with E-state index in [1.807, 2.05) is 32.9 Å². The maximum Gasteiger partial charge on any atom is 0.259 e. The standard InChI is InChI=1S/C23H30N2O4/c1-14(2)9-10-25-19-12-17(24-21(26)18-11-15(3)29-16(18)4)7-8-20(19)28-13-23(5,6)22(25)27/h7-8,11-12,14H,9-10,13H2,1-6H3,(H,24,26). The predicted octanol–water partition coefficient (Wildman–Crippen LogP) is 4.95. The Balaban J connectivity index is 1.92. The third-order valence-electron chi connectivity index (χ3n) is 5.14. The van der Waals surface area contributed by atoms with Crippen LogP contribution in [0.3, 0.4) is 0 Å². The maximum atomic E-state index is 13.2. The van der Waals surface area contributed by atoms with Crippen LogP contribution in [0.2, 0.25) is 0 Å². The zero-order valence-electron chi connectivity index (χ0n) is 18.1. The first kappa shape index (κ1) is 21.0. The van der Waals surface area contributed by atoms with Crippen molar-refractivity contribution < 1.29 is 18.7 Å². The first-order valence-corrected chi connectivity index (χ1v) is 10.1. The van der Waals surface area contributed by atoms with E-state index in [4.69, 9.17) is 9.15 Å². The number of anilines is 2. The lowest BCUT2D eigenvalue weighted by Gasteiger charge is -2.28. The van der Waals surface area contributed by atoms with Crippen LogP contribution in [0.1, 0.15) is 56.0 Å². The lowest BCUT2D eigenvalue weighted by Crippen LogP contribution is -2.42. The maximum absolute atomic E-state index is 13.2. The van der Waals surface area contributed by atoms with E-state index in [9.17, 15) is 9.59 Å². The van der Waals surface area contributed by atoms with Gasteiger partial charge >= 0.3 is 0 Å². The molecular formula is C23H30N2O4. The predicted molar refractivity (Wildman–Crippen MR) is 114 cm³/mol. The lowest BCUT2D eigenvalue weighted by atomic mass is 9.92. The molecule has 2 aromatic rings. The number of carbonyl (C=O) groups is 2. The Morgan fingerprint density at radius 3 is 2.59 bits per heavy atom. The molecule has 6 nitrogen and oxygen atoms in total. The molecule has 0 atom stereocenters. The molecule has 1 N–H and O–H groups in total. The van der Waals surface area contributed by atoms with Gasteiger partial charge in [0.25, 0.3) is 5.91 Å². The molecule has 0 bridgehead atoms. The SMILES string of the molecule is Cc1cc(C(=O)Nc2ccc3c(c2)N(CCC(C)C)C(=O)C(C)(C)CO3)c(C)o1. The van der Waals surface area contributed by atoms with Crippen LogP contribution in [0.4, 0.5) is 11.4 Å². The van der Waals surface area contributed by atoms with E-state index >= 15 is 0 Å². The van der Waals surface area contributed by atoms with Gasteiger partial charge < -0.3 is 19.4 Å². The summed E-state index contributed by atoms with van der Waals surface area (Å²) in [6, 6.07) is 7.14. The number of amides is 2. The van der Waals surface area contributed by atoms with E-state index in [1.54, 1.807) is 24.0 Å². The Morgan fingerprint density at radius 2 is 1.97 bits per heavy atom. The second-order valence-electron chi connectivity index (χ2n) is 8.78. The van der Waals surface area contributed by atoms with Gasteiger partial charge in [-0.1, -0.05) is 13.8 Å². The van der Waals surface area contributed by atoms with Gasteiger partial charge in [-0.25, -0.2) is 0 Å². The van der Waals surface area contributed by atoms with Crippen LogP contribution < -0.4 is 15.0 Å². The molecule has 1 aromatic carbocycles. The number of hydrogen-bond acceptors (Lipinski definition) is 4. The number of hydrogen-bond donors (Lipinski definition) is 1. The molecule has 0 radical (unpaired) electrons. The van der Waals surface area contributed by atoms with Gasteiger partial charge in [0.05, 0.1) is 16.7 Å². The summed E-state index contributed by atoms with van der Waals surface area (Å²) >= 11 is 0. The number of ether oxygens (including phenoxy) is 1. The summed E-state index contributed by atoms with van der Waals surface area (Å²) in [6.07, 6.45) is 0.880. The first-order valence-electron chi connectivity index (χ1n) is 10.1. The number of rotatable bonds is 5. The molecule has 0 spiro atoms. The molecule has 156 valence electrons. The van der Waals surface area contributed by atoms with E-state index in [-0.39, 0.29) is 11.8 Å². The van der Waals surface area contributed by atoms with Crippen LogP contribution >= 0.6 is 0 Å². The quantitative estimate of drug-likeness (QED) is 0.774.